The third-order valence-corrected chi connectivity index (χ3v) is 2.98. The SMILES string of the molecule is COC(=O)[C@H](CCC(=O)c1cccc(F)c1)NC(=O)OC(C)(C)C. The molecular weight excluding hydrogens is 317 g/mol. The molecule has 0 bridgehead atoms. The molecule has 0 fully saturated rings. The van der Waals surface area contributed by atoms with Crippen molar-refractivity contribution in [1.29, 1.82) is 0 Å². The summed E-state index contributed by atoms with van der Waals surface area (Å²) < 4.78 is 22.8. The van der Waals surface area contributed by atoms with E-state index in [1.165, 1.54) is 25.3 Å². The molecule has 0 saturated carbocycles. The molecule has 1 amide bonds. The molecule has 0 aromatic heterocycles. The molecule has 0 unspecified atom stereocenters. The molecule has 0 aliphatic rings. The maximum atomic E-state index is 13.1. The zero-order chi connectivity index (χ0) is 18.3. The van der Waals surface area contributed by atoms with Crippen molar-refractivity contribution < 1.29 is 28.2 Å². The Labute approximate surface area is 140 Å². The van der Waals surface area contributed by atoms with Crippen molar-refractivity contribution in [3.05, 3.63) is 35.6 Å². The molecule has 0 radical (unpaired) electrons. The van der Waals surface area contributed by atoms with Crippen LogP contribution in [0.3, 0.4) is 0 Å². The van der Waals surface area contributed by atoms with Crippen molar-refractivity contribution in [2.45, 2.75) is 45.3 Å². The Hall–Kier alpha value is -2.44. The van der Waals surface area contributed by atoms with E-state index in [4.69, 9.17) is 4.74 Å². The molecule has 0 heterocycles. The number of hydrogen-bond donors (Lipinski definition) is 1. The minimum absolute atomic E-state index is 0.0151. The number of alkyl carbamates (subject to hydrolysis) is 1. The molecule has 0 spiro atoms. The molecule has 1 N–H and O–H groups in total. The number of nitrogens with one attached hydrogen (secondary N) is 1. The van der Waals surface area contributed by atoms with Gasteiger partial charge in [0, 0.05) is 12.0 Å². The van der Waals surface area contributed by atoms with E-state index in [0.29, 0.717) is 0 Å². The number of amides is 1. The van der Waals surface area contributed by atoms with Crippen LogP contribution >= 0.6 is 0 Å². The van der Waals surface area contributed by atoms with Gasteiger partial charge in [0.05, 0.1) is 7.11 Å². The molecule has 0 aliphatic carbocycles. The molecule has 0 aliphatic heterocycles. The lowest BCUT2D eigenvalue weighted by Gasteiger charge is -2.22. The van der Waals surface area contributed by atoms with Crippen molar-refractivity contribution in [1.82, 2.24) is 5.32 Å². The zero-order valence-electron chi connectivity index (χ0n) is 14.2. The van der Waals surface area contributed by atoms with Crippen LogP contribution in [-0.2, 0) is 14.3 Å². The highest BCUT2D eigenvalue weighted by molar-refractivity contribution is 5.96. The lowest BCUT2D eigenvalue weighted by molar-refractivity contribution is -0.143. The van der Waals surface area contributed by atoms with E-state index in [1.807, 2.05) is 0 Å². The molecule has 1 atom stereocenters. The summed E-state index contributed by atoms with van der Waals surface area (Å²) in [6, 6.07) is 4.25. The van der Waals surface area contributed by atoms with Crippen molar-refractivity contribution in [3.63, 3.8) is 0 Å². The number of carbonyl (C=O) groups is 3. The summed E-state index contributed by atoms with van der Waals surface area (Å²) >= 11 is 0. The number of ketones is 1. The highest BCUT2D eigenvalue weighted by atomic mass is 19.1. The van der Waals surface area contributed by atoms with Crippen molar-refractivity contribution in [3.8, 4) is 0 Å². The maximum Gasteiger partial charge on any atom is 0.408 e. The number of halogens is 1. The minimum atomic E-state index is -1.03. The topological polar surface area (TPSA) is 81.7 Å². The van der Waals surface area contributed by atoms with Crippen LogP contribution in [-0.4, -0.2) is 36.6 Å². The van der Waals surface area contributed by atoms with Crippen molar-refractivity contribution in [2.75, 3.05) is 7.11 Å². The van der Waals surface area contributed by atoms with Gasteiger partial charge in [-0.3, -0.25) is 4.79 Å². The van der Waals surface area contributed by atoms with Gasteiger partial charge >= 0.3 is 12.1 Å². The Morgan fingerprint density at radius 2 is 1.92 bits per heavy atom. The summed E-state index contributed by atoms with van der Waals surface area (Å²) in [5.74, 6) is -1.54. The highest BCUT2D eigenvalue weighted by Gasteiger charge is 2.25. The molecule has 6 nitrogen and oxygen atoms in total. The second-order valence-electron chi connectivity index (χ2n) is 6.19. The standard InChI is InChI=1S/C17H22FNO5/c1-17(2,3)24-16(22)19-13(15(21)23-4)8-9-14(20)11-6-5-7-12(18)10-11/h5-7,10,13H,8-9H2,1-4H3,(H,19,22)/t13-/m0/s1. The Morgan fingerprint density at radius 3 is 2.46 bits per heavy atom. The first-order valence-electron chi connectivity index (χ1n) is 7.48. The molecule has 1 rings (SSSR count). The maximum absolute atomic E-state index is 13.1. The Morgan fingerprint density at radius 1 is 1.25 bits per heavy atom. The summed E-state index contributed by atoms with van der Waals surface area (Å²) in [6.07, 6.45) is -0.823. The van der Waals surface area contributed by atoms with Gasteiger partial charge in [0.25, 0.3) is 0 Å². The number of carbonyl (C=O) groups excluding carboxylic acids is 3. The third kappa shape index (κ3) is 6.76. The molecule has 7 heteroatoms. The van der Waals surface area contributed by atoms with Gasteiger partial charge in [-0.2, -0.15) is 0 Å². The molecule has 132 valence electrons. The average Bonchev–Trinajstić information content (AvgIpc) is 2.48. The number of benzene rings is 1. The van der Waals surface area contributed by atoms with Crippen LogP contribution in [0.25, 0.3) is 0 Å². The summed E-state index contributed by atoms with van der Waals surface area (Å²) in [6.45, 7) is 5.06. The predicted octanol–water partition coefficient (Wildman–Crippen LogP) is 2.85. The first-order valence-corrected chi connectivity index (χ1v) is 7.48. The Balaban J connectivity index is 2.68. The van der Waals surface area contributed by atoms with Crippen LogP contribution in [0.5, 0.6) is 0 Å². The number of esters is 1. The van der Waals surface area contributed by atoms with Gasteiger partial charge in [0.1, 0.15) is 17.5 Å². The fraction of sp³-hybridized carbons (Fsp3) is 0.471. The van der Waals surface area contributed by atoms with Crippen LogP contribution in [0, 0.1) is 5.82 Å². The van der Waals surface area contributed by atoms with E-state index < -0.39 is 29.5 Å². The van der Waals surface area contributed by atoms with Crippen molar-refractivity contribution in [2.24, 2.45) is 0 Å². The molecule has 0 saturated heterocycles. The summed E-state index contributed by atoms with van der Waals surface area (Å²) in [4.78, 5) is 35.6. The largest absolute Gasteiger partial charge is 0.467 e. The first kappa shape index (κ1) is 19.6. The fourth-order valence-corrected chi connectivity index (χ4v) is 1.92. The molecule has 1 aromatic carbocycles. The smallest absolute Gasteiger partial charge is 0.408 e. The first-order chi connectivity index (χ1) is 11.1. The van der Waals surface area contributed by atoms with E-state index in [9.17, 15) is 18.8 Å². The van der Waals surface area contributed by atoms with Crippen LogP contribution in [0.4, 0.5) is 9.18 Å². The number of Topliss-reactive ketones (excluding diaryl/α,β-unsaturated/α-hetero) is 1. The van der Waals surface area contributed by atoms with E-state index in [1.54, 1.807) is 20.8 Å². The minimum Gasteiger partial charge on any atom is -0.467 e. The van der Waals surface area contributed by atoms with Gasteiger partial charge in [0.2, 0.25) is 0 Å². The van der Waals surface area contributed by atoms with Gasteiger partial charge in [-0.15, -0.1) is 0 Å². The van der Waals surface area contributed by atoms with Crippen LogP contribution in [0.15, 0.2) is 24.3 Å². The highest BCUT2D eigenvalue weighted by Crippen LogP contribution is 2.11. The number of hydrogen-bond acceptors (Lipinski definition) is 5. The molecule has 1 aromatic rings. The van der Waals surface area contributed by atoms with Gasteiger partial charge in [-0.05, 0) is 39.3 Å². The van der Waals surface area contributed by atoms with Crippen LogP contribution in [0.1, 0.15) is 44.0 Å². The van der Waals surface area contributed by atoms with E-state index in [-0.39, 0.29) is 24.2 Å². The lowest BCUT2D eigenvalue weighted by Crippen LogP contribution is -2.44. The van der Waals surface area contributed by atoms with Crippen LogP contribution < -0.4 is 5.32 Å². The third-order valence-electron chi connectivity index (χ3n) is 2.98. The second-order valence-corrected chi connectivity index (χ2v) is 6.19. The van der Waals surface area contributed by atoms with Gasteiger partial charge in [0.15, 0.2) is 5.78 Å². The summed E-state index contributed by atoms with van der Waals surface area (Å²) in [7, 11) is 1.18. The number of methoxy groups -OCH3 is 1. The Bertz CT molecular complexity index is 609. The van der Waals surface area contributed by atoms with E-state index in [2.05, 4.69) is 10.1 Å². The summed E-state index contributed by atoms with van der Waals surface area (Å²) in [5, 5.41) is 2.38. The summed E-state index contributed by atoms with van der Waals surface area (Å²) in [5.41, 5.74) is -0.516. The second kappa shape index (κ2) is 8.42. The average molecular weight is 339 g/mol. The quantitative estimate of drug-likeness (QED) is 0.636. The van der Waals surface area contributed by atoms with Crippen LogP contribution in [0.2, 0.25) is 0 Å². The number of ether oxygens (including phenoxy) is 2. The lowest BCUT2D eigenvalue weighted by atomic mass is 10.0. The monoisotopic (exact) mass is 339 g/mol. The van der Waals surface area contributed by atoms with Gasteiger partial charge < -0.3 is 14.8 Å². The predicted molar refractivity (Wildman–Crippen MR) is 85.1 cm³/mol. The number of rotatable bonds is 6. The molecule has 24 heavy (non-hydrogen) atoms. The van der Waals surface area contributed by atoms with Gasteiger partial charge in [-0.25, -0.2) is 14.0 Å². The zero-order valence-corrected chi connectivity index (χ0v) is 14.2. The Kier molecular flexibility index (Phi) is 6.88. The normalized spacial score (nSPS) is 12.2. The van der Waals surface area contributed by atoms with E-state index in [0.717, 1.165) is 6.07 Å². The fourth-order valence-electron chi connectivity index (χ4n) is 1.92. The van der Waals surface area contributed by atoms with Crippen molar-refractivity contribution >= 4 is 17.8 Å². The van der Waals surface area contributed by atoms with E-state index >= 15 is 0 Å². The van der Waals surface area contributed by atoms with Gasteiger partial charge in [-0.1, -0.05) is 12.1 Å². The molecular formula is C17H22FNO5.